The van der Waals surface area contributed by atoms with Crippen LogP contribution in [0.4, 0.5) is 25.5 Å². The third kappa shape index (κ3) is 2.38. The second kappa shape index (κ2) is 5.20. The van der Waals surface area contributed by atoms with Gasteiger partial charge in [0.15, 0.2) is 28.4 Å². The lowest BCUT2D eigenvalue weighted by Gasteiger charge is -2.35. The number of nitrogens with zero attached hydrogens (tertiary/aromatic N) is 4. The monoisotopic (exact) mass is 297 g/mol. The Morgan fingerprint density at radius 2 is 1.80 bits per heavy atom. The number of anilines is 3. The van der Waals surface area contributed by atoms with E-state index in [9.17, 15) is 8.78 Å². The minimum Gasteiger partial charge on any atom is -0.381 e. The molecule has 1 saturated heterocycles. The smallest absolute Gasteiger partial charge is 0.185 e. The van der Waals surface area contributed by atoms with Gasteiger partial charge < -0.3 is 15.5 Å². The van der Waals surface area contributed by atoms with Crippen LogP contribution in [0.3, 0.4) is 0 Å². The van der Waals surface area contributed by atoms with Crippen molar-refractivity contribution in [3.8, 4) is 0 Å². The minimum absolute atomic E-state index is 0.114. The molecule has 5 nitrogen and oxygen atoms in total. The summed E-state index contributed by atoms with van der Waals surface area (Å²) in [6.07, 6.45) is 1.76. The van der Waals surface area contributed by atoms with Gasteiger partial charge in [0, 0.05) is 43.8 Å². The predicted octanol–water partition coefficient (Wildman–Crippen LogP) is 1.73. The van der Waals surface area contributed by atoms with Gasteiger partial charge in [-0.1, -0.05) is 0 Å². The molecule has 2 aromatic rings. The highest BCUT2D eigenvalue weighted by Crippen LogP contribution is 2.24. The average molecular weight is 297 g/mol. The van der Waals surface area contributed by atoms with E-state index in [4.69, 9.17) is 5.73 Å². The summed E-state index contributed by atoms with van der Waals surface area (Å²) >= 11 is 1.57. The second-order valence-corrected chi connectivity index (χ2v) is 5.32. The zero-order chi connectivity index (χ0) is 14.1. The molecule has 0 bridgehead atoms. The first-order chi connectivity index (χ1) is 9.65. The van der Waals surface area contributed by atoms with E-state index >= 15 is 0 Å². The molecular weight excluding hydrogens is 284 g/mol. The number of pyridine rings is 1. The minimum atomic E-state index is -0.826. The predicted molar refractivity (Wildman–Crippen MR) is 75.1 cm³/mol. The quantitative estimate of drug-likeness (QED) is 0.915. The van der Waals surface area contributed by atoms with Gasteiger partial charge in [-0.25, -0.2) is 18.7 Å². The maximum atomic E-state index is 13.8. The molecule has 1 aliphatic heterocycles. The third-order valence-corrected chi connectivity index (χ3v) is 4.04. The number of piperazine rings is 1. The lowest BCUT2D eigenvalue weighted by Crippen LogP contribution is -2.47. The van der Waals surface area contributed by atoms with Crippen LogP contribution in [-0.2, 0) is 0 Å². The van der Waals surface area contributed by atoms with Gasteiger partial charge in [-0.2, -0.15) is 0 Å². The van der Waals surface area contributed by atoms with Gasteiger partial charge in [0.05, 0.1) is 0 Å². The standard InChI is InChI=1S/C12H13F2N5S/c13-8-7-9(14)11(17-10(8)15)18-2-4-19(5-3-18)12-16-1-6-20-12/h1,6-7H,2-5H2,(H2,15,17). The summed E-state index contributed by atoms with van der Waals surface area (Å²) in [5.41, 5.74) is 5.40. The Kier molecular flexibility index (Phi) is 3.39. The second-order valence-electron chi connectivity index (χ2n) is 4.45. The Bertz CT molecular complexity index is 596. The molecule has 0 aromatic carbocycles. The highest BCUT2D eigenvalue weighted by molar-refractivity contribution is 7.13. The van der Waals surface area contributed by atoms with Crippen LogP contribution < -0.4 is 15.5 Å². The fourth-order valence-corrected chi connectivity index (χ4v) is 2.87. The van der Waals surface area contributed by atoms with Crippen LogP contribution in [0.15, 0.2) is 17.6 Å². The fourth-order valence-electron chi connectivity index (χ4n) is 2.17. The number of hydrogen-bond acceptors (Lipinski definition) is 6. The molecule has 0 saturated carbocycles. The molecule has 0 amide bonds. The molecule has 106 valence electrons. The first kappa shape index (κ1) is 13.0. The van der Waals surface area contributed by atoms with Gasteiger partial charge in [0.25, 0.3) is 0 Å². The Labute approximate surface area is 118 Å². The van der Waals surface area contributed by atoms with Crippen molar-refractivity contribution in [2.75, 3.05) is 41.7 Å². The van der Waals surface area contributed by atoms with Crippen LogP contribution in [0.1, 0.15) is 0 Å². The van der Waals surface area contributed by atoms with E-state index in [1.165, 1.54) is 0 Å². The van der Waals surface area contributed by atoms with Gasteiger partial charge in [-0.05, 0) is 0 Å². The summed E-state index contributed by atoms with van der Waals surface area (Å²) in [4.78, 5) is 12.0. The maximum absolute atomic E-state index is 13.8. The summed E-state index contributed by atoms with van der Waals surface area (Å²) in [6.45, 7) is 2.61. The summed E-state index contributed by atoms with van der Waals surface area (Å²) in [5, 5.41) is 2.88. The van der Waals surface area contributed by atoms with E-state index in [-0.39, 0.29) is 11.6 Å². The average Bonchev–Trinajstić information content (AvgIpc) is 2.97. The Hall–Kier alpha value is -1.96. The van der Waals surface area contributed by atoms with Crippen molar-refractivity contribution in [1.82, 2.24) is 9.97 Å². The molecule has 1 fully saturated rings. The summed E-state index contributed by atoms with van der Waals surface area (Å²) < 4.78 is 26.9. The van der Waals surface area contributed by atoms with Crippen LogP contribution in [0, 0.1) is 11.6 Å². The summed E-state index contributed by atoms with van der Waals surface area (Å²) in [6, 6.07) is 0.783. The van der Waals surface area contributed by atoms with Crippen LogP contribution >= 0.6 is 11.3 Å². The first-order valence-corrected chi connectivity index (χ1v) is 7.04. The van der Waals surface area contributed by atoms with Gasteiger partial charge >= 0.3 is 0 Å². The van der Waals surface area contributed by atoms with E-state index in [1.54, 1.807) is 22.4 Å². The molecule has 0 aliphatic carbocycles. The van der Waals surface area contributed by atoms with Crippen LogP contribution in [0.25, 0.3) is 0 Å². The molecule has 3 rings (SSSR count). The van der Waals surface area contributed by atoms with E-state index in [2.05, 4.69) is 14.9 Å². The van der Waals surface area contributed by atoms with Gasteiger partial charge in [0.2, 0.25) is 0 Å². The number of nitrogen functional groups attached to an aromatic ring is 1. The first-order valence-electron chi connectivity index (χ1n) is 6.16. The third-order valence-electron chi connectivity index (χ3n) is 3.21. The normalized spacial score (nSPS) is 15.7. The van der Waals surface area contributed by atoms with Gasteiger partial charge in [-0.3, -0.25) is 0 Å². The highest BCUT2D eigenvalue weighted by Gasteiger charge is 2.23. The Morgan fingerprint density at radius 3 is 2.45 bits per heavy atom. The van der Waals surface area contributed by atoms with Crippen LogP contribution in [0.5, 0.6) is 0 Å². The van der Waals surface area contributed by atoms with Crippen LogP contribution in [0.2, 0.25) is 0 Å². The number of rotatable bonds is 2. The zero-order valence-electron chi connectivity index (χ0n) is 10.6. The number of thiazole rings is 1. The number of nitrogens with two attached hydrogens (primary N) is 1. The number of aromatic nitrogens is 2. The molecule has 8 heteroatoms. The SMILES string of the molecule is Nc1nc(N2CCN(c3nccs3)CC2)c(F)cc1F. The molecule has 20 heavy (non-hydrogen) atoms. The molecular formula is C12H13F2N5S. The lowest BCUT2D eigenvalue weighted by molar-refractivity contribution is 0.561. The zero-order valence-corrected chi connectivity index (χ0v) is 11.4. The number of halogens is 2. The fraction of sp³-hybridized carbons (Fsp3) is 0.333. The van der Waals surface area contributed by atoms with Crippen molar-refractivity contribution in [2.45, 2.75) is 0 Å². The number of hydrogen-bond donors (Lipinski definition) is 1. The Balaban J connectivity index is 1.74. The van der Waals surface area contributed by atoms with Crippen LogP contribution in [-0.4, -0.2) is 36.1 Å². The largest absolute Gasteiger partial charge is 0.381 e. The van der Waals surface area contributed by atoms with E-state index in [1.807, 2.05) is 5.38 Å². The molecule has 2 N–H and O–H groups in total. The molecule has 0 spiro atoms. The van der Waals surface area contributed by atoms with Crippen molar-refractivity contribution in [3.63, 3.8) is 0 Å². The summed E-state index contributed by atoms with van der Waals surface area (Å²) in [7, 11) is 0. The maximum Gasteiger partial charge on any atom is 0.185 e. The summed E-state index contributed by atoms with van der Waals surface area (Å²) in [5.74, 6) is -1.67. The lowest BCUT2D eigenvalue weighted by atomic mass is 10.3. The molecule has 2 aromatic heterocycles. The van der Waals surface area contributed by atoms with Crippen molar-refractivity contribution < 1.29 is 8.78 Å². The van der Waals surface area contributed by atoms with Crippen molar-refractivity contribution in [2.24, 2.45) is 0 Å². The van der Waals surface area contributed by atoms with Gasteiger partial charge in [-0.15, -0.1) is 11.3 Å². The van der Waals surface area contributed by atoms with Gasteiger partial charge in [0.1, 0.15) is 0 Å². The molecule has 1 aliphatic rings. The Morgan fingerprint density at radius 1 is 1.10 bits per heavy atom. The topological polar surface area (TPSA) is 58.3 Å². The van der Waals surface area contributed by atoms with Crippen molar-refractivity contribution >= 4 is 28.1 Å². The van der Waals surface area contributed by atoms with Crippen molar-refractivity contribution in [3.05, 3.63) is 29.3 Å². The molecule has 3 heterocycles. The molecule has 0 atom stereocenters. The highest BCUT2D eigenvalue weighted by atomic mass is 32.1. The van der Waals surface area contributed by atoms with Crippen molar-refractivity contribution in [1.29, 1.82) is 0 Å². The van der Waals surface area contributed by atoms with E-state index < -0.39 is 11.6 Å². The molecule has 0 unspecified atom stereocenters. The molecule has 0 radical (unpaired) electrons. The van der Waals surface area contributed by atoms with E-state index in [0.29, 0.717) is 26.2 Å². The van der Waals surface area contributed by atoms with E-state index in [0.717, 1.165) is 11.2 Å².